The molecule has 2 rings (SSSR count). The van der Waals surface area contributed by atoms with Gasteiger partial charge in [0.05, 0.1) is 16.9 Å². The summed E-state index contributed by atoms with van der Waals surface area (Å²) < 4.78 is 13.5. The third-order valence-electron chi connectivity index (χ3n) is 2.92. The van der Waals surface area contributed by atoms with E-state index in [2.05, 4.69) is 5.32 Å². The van der Waals surface area contributed by atoms with Gasteiger partial charge < -0.3 is 10.4 Å². The maximum Gasteiger partial charge on any atom is 0.337 e. The molecule has 2 aromatic carbocycles. The minimum Gasteiger partial charge on any atom is -0.478 e. The Hall–Kier alpha value is -2.89. The van der Waals surface area contributed by atoms with Crippen molar-refractivity contribution >= 4 is 23.4 Å². The summed E-state index contributed by atoms with van der Waals surface area (Å²) in [5, 5.41) is 11.5. The lowest BCUT2D eigenvalue weighted by Crippen LogP contribution is -2.32. The van der Waals surface area contributed by atoms with Crippen LogP contribution in [0.5, 0.6) is 0 Å². The van der Waals surface area contributed by atoms with Gasteiger partial charge in [0.25, 0.3) is 0 Å². The average molecular weight is 288 g/mol. The largest absolute Gasteiger partial charge is 0.478 e. The summed E-state index contributed by atoms with van der Waals surface area (Å²) in [5.41, 5.74) is 0.240. The Balaban J connectivity index is 2.24. The van der Waals surface area contributed by atoms with E-state index in [4.69, 9.17) is 5.11 Å². The zero-order chi connectivity index (χ0) is 15.4. The SMILES string of the molecule is CN(C(=O)Nc1ccccc1F)c1ccccc1C(=O)O. The number of benzene rings is 2. The lowest BCUT2D eigenvalue weighted by Gasteiger charge is -2.20. The third kappa shape index (κ3) is 3.17. The highest BCUT2D eigenvalue weighted by Gasteiger charge is 2.18. The van der Waals surface area contributed by atoms with Crippen LogP contribution in [0.25, 0.3) is 0 Å². The molecule has 0 aliphatic carbocycles. The fraction of sp³-hybridized carbons (Fsp3) is 0.0667. The second-order valence-corrected chi connectivity index (χ2v) is 4.29. The predicted octanol–water partition coefficient (Wildman–Crippen LogP) is 3.19. The molecule has 0 saturated heterocycles. The minimum atomic E-state index is -1.14. The van der Waals surface area contributed by atoms with Crippen molar-refractivity contribution in [3.63, 3.8) is 0 Å². The smallest absolute Gasteiger partial charge is 0.337 e. The van der Waals surface area contributed by atoms with Crippen molar-refractivity contribution < 1.29 is 19.1 Å². The topological polar surface area (TPSA) is 69.6 Å². The number of hydrogen-bond donors (Lipinski definition) is 2. The molecule has 0 saturated carbocycles. The molecular weight excluding hydrogens is 275 g/mol. The van der Waals surface area contributed by atoms with E-state index in [0.29, 0.717) is 0 Å². The van der Waals surface area contributed by atoms with Crippen LogP contribution < -0.4 is 10.2 Å². The van der Waals surface area contributed by atoms with E-state index in [1.54, 1.807) is 18.2 Å². The summed E-state index contributed by atoms with van der Waals surface area (Å²) in [6.07, 6.45) is 0. The minimum absolute atomic E-state index is 0.0105. The Bertz CT molecular complexity index is 688. The number of para-hydroxylation sites is 2. The molecule has 108 valence electrons. The molecule has 0 aromatic heterocycles. The number of amides is 2. The highest BCUT2D eigenvalue weighted by molar-refractivity contribution is 6.05. The number of anilines is 2. The fourth-order valence-corrected chi connectivity index (χ4v) is 1.82. The van der Waals surface area contributed by atoms with E-state index in [1.807, 2.05) is 0 Å². The van der Waals surface area contributed by atoms with Gasteiger partial charge in [-0.1, -0.05) is 24.3 Å². The van der Waals surface area contributed by atoms with Crippen molar-refractivity contribution in [1.82, 2.24) is 0 Å². The summed E-state index contributed by atoms with van der Waals surface area (Å²) in [4.78, 5) is 24.4. The van der Waals surface area contributed by atoms with E-state index >= 15 is 0 Å². The number of carboxylic acids is 1. The highest BCUT2D eigenvalue weighted by Crippen LogP contribution is 2.21. The van der Waals surface area contributed by atoms with Crippen LogP contribution in [0, 0.1) is 5.82 Å². The van der Waals surface area contributed by atoms with Crippen molar-refractivity contribution in [2.45, 2.75) is 0 Å². The molecule has 0 fully saturated rings. The number of nitrogens with zero attached hydrogens (tertiary/aromatic N) is 1. The van der Waals surface area contributed by atoms with Crippen molar-refractivity contribution in [3.05, 3.63) is 59.9 Å². The Morgan fingerprint density at radius 3 is 2.38 bits per heavy atom. The van der Waals surface area contributed by atoms with E-state index in [9.17, 15) is 14.0 Å². The first-order chi connectivity index (χ1) is 10.0. The number of aromatic carboxylic acids is 1. The second kappa shape index (κ2) is 6.04. The molecule has 2 amide bonds. The van der Waals surface area contributed by atoms with Crippen LogP contribution in [0.2, 0.25) is 0 Å². The van der Waals surface area contributed by atoms with Crippen LogP contribution in [0.15, 0.2) is 48.5 Å². The Labute approximate surface area is 120 Å². The summed E-state index contributed by atoms with van der Waals surface area (Å²) >= 11 is 0. The zero-order valence-electron chi connectivity index (χ0n) is 11.2. The summed E-state index contributed by atoms with van der Waals surface area (Å²) in [7, 11) is 1.41. The van der Waals surface area contributed by atoms with E-state index in [0.717, 1.165) is 4.90 Å². The van der Waals surface area contributed by atoms with Gasteiger partial charge in [0, 0.05) is 7.05 Å². The molecular formula is C15H13FN2O3. The van der Waals surface area contributed by atoms with E-state index in [1.165, 1.54) is 37.4 Å². The van der Waals surface area contributed by atoms with Crippen LogP contribution in [0.4, 0.5) is 20.6 Å². The Morgan fingerprint density at radius 1 is 1.10 bits per heavy atom. The average Bonchev–Trinajstić information content (AvgIpc) is 2.48. The summed E-state index contributed by atoms with van der Waals surface area (Å²) in [5.74, 6) is -1.71. The van der Waals surface area contributed by atoms with Gasteiger partial charge >= 0.3 is 12.0 Å². The lowest BCUT2D eigenvalue weighted by molar-refractivity contribution is 0.0697. The highest BCUT2D eigenvalue weighted by atomic mass is 19.1. The van der Waals surface area contributed by atoms with E-state index < -0.39 is 17.8 Å². The molecule has 0 atom stereocenters. The van der Waals surface area contributed by atoms with Gasteiger partial charge in [0.15, 0.2) is 0 Å². The van der Waals surface area contributed by atoms with Gasteiger partial charge in [-0.3, -0.25) is 4.90 Å². The van der Waals surface area contributed by atoms with Crippen molar-refractivity contribution in [2.24, 2.45) is 0 Å². The Morgan fingerprint density at radius 2 is 1.71 bits per heavy atom. The number of nitrogens with one attached hydrogen (secondary N) is 1. The molecule has 0 aliphatic heterocycles. The normalized spacial score (nSPS) is 10.0. The summed E-state index contributed by atoms with van der Waals surface area (Å²) in [6.45, 7) is 0. The molecule has 21 heavy (non-hydrogen) atoms. The maximum atomic E-state index is 13.5. The first-order valence-corrected chi connectivity index (χ1v) is 6.12. The van der Waals surface area contributed by atoms with Gasteiger partial charge in [-0.2, -0.15) is 0 Å². The monoisotopic (exact) mass is 288 g/mol. The molecule has 6 heteroatoms. The van der Waals surface area contributed by atoms with Crippen molar-refractivity contribution in [3.8, 4) is 0 Å². The third-order valence-corrected chi connectivity index (χ3v) is 2.92. The Kier molecular flexibility index (Phi) is 4.18. The zero-order valence-corrected chi connectivity index (χ0v) is 11.2. The number of carbonyl (C=O) groups excluding carboxylic acids is 1. The van der Waals surface area contributed by atoms with Gasteiger partial charge in [0.2, 0.25) is 0 Å². The van der Waals surface area contributed by atoms with Crippen LogP contribution in [-0.4, -0.2) is 24.2 Å². The molecule has 2 N–H and O–H groups in total. The lowest BCUT2D eigenvalue weighted by atomic mass is 10.1. The van der Waals surface area contributed by atoms with Gasteiger partial charge in [-0.15, -0.1) is 0 Å². The molecule has 0 aliphatic rings. The summed E-state index contributed by atoms with van der Waals surface area (Å²) in [6, 6.07) is 11.2. The number of rotatable bonds is 3. The number of urea groups is 1. The van der Waals surface area contributed by atoms with E-state index in [-0.39, 0.29) is 16.9 Å². The quantitative estimate of drug-likeness (QED) is 0.911. The number of carboxylic acid groups (broad SMARTS) is 1. The molecule has 0 bridgehead atoms. The molecule has 0 radical (unpaired) electrons. The number of hydrogen-bond acceptors (Lipinski definition) is 2. The standard InChI is InChI=1S/C15H13FN2O3/c1-18(13-9-5-2-6-10(13)14(19)20)15(21)17-12-8-4-3-7-11(12)16/h2-9H,1H3,(H,17,21)(H,19,20). The molecule has 2 aromatic rings. The van der Waals surface area contributed by atoms with Crippen molar-refractivity contribution in [2.75, 3.05) is 17.3 Å². The second-order valence-electron chi connectivity index (χ2n) is 4.29. The molecule has 0 unspecified atom stereocenters. The predicted molar refractivity (Wildman–Crippen MR) is 77.2 cm³/mol. The first kappa shape index (κ1) is 14.5. The molecule has 0 heterocycles. The van der Waals surface area contributed by atoms with Crippen LogP contribution in [0.1, 0.15) is 10.4 Å². The van der Waals surface area contributed by atoms with Crippen LogP contribution in [0.3, 0.4) is 0 Å². The maximum absolute atomic E-state index is 13.5. The van der Waals surface area contributed by atoms with Crippen molar-refractivity contribution in [1.29, 1.82) is 0 Å². The fourth-order valence-electron chi connectivity index (χ4n) is 1.82. The van der Waals surface area contributed by atoms with Crippen LogP contribution >= 0.6 is 0 Å². The van der Waals surface area contributed by atoms with Gasteiger partial charge in [-0.25, -0.2) is 14.0 Å². The first-order valence-electron chi connectivity index (χ1n) is 6.12. The molecule has 5 nitrogen and oxygen atoms in total. The molecule has 0 spiro atoms. The van der Waals surface area contributed by atoms with Crippen LogP contribution in [-0.2, 0) is 0 Å². The number of carbonyl (C=O) groups is 2. The number of halogens is 1. The van der Waals surface area contributed by atoms with Gasteiger partial charge in [0.1, 0.15) is 5.82 Å². The van der Waals surface area contributed by atoms with Gasteiger partial charge in [-0.05, 0) is 24.3 Å².